The molecule has 4 saturated heterocycles. The van der Waals surface area contributed by atoms with E-state index in [0.717, 1.165) is 38.9 Å². The first-order chi connectivity index (χ1) is 18.2. The van der Waals surface area contributed by atoms with Gasteiger partial charge in [0.25, 0.3) is 0 Å². The zero-order valence-corrected chi connectivity index (χ0v) is 23.7. The molecule has 0 aliphatic carbocycles. The number of carbonyl (C=O) groups excluding carboxylic acids is 2. The molecule has 1 aromatic carbocycles. The Morgan fingerprint density at radius 2 is 1.76 bits per heavy atom. The quantitative estimate of drug-likeness (QED) is 0.526. The number of hydrogen-bond acceptors (Lipinski definition) is 5. The molecule has 38 heavy (non-hydrogen) atoms. The van der Waals surface area contributed by atoms with Gasteiger partial charge in [0.05, 0.1) is 24.8 Å². The molecule has 3 atom stereocenters. The van der Waals surface area contributed by atoms with Crippen molar-refractivity contribution < 1.29 is 19.1 Å². The van der Waals surface area contributed by atoms with Crippen LogP contribution in [0, 0.1) is 11.3 Å². The summed E-state index contributed by atoms with van der Waals surface area (Å²) in [5.74, 6) is 0.0640. The Bertz CT molecular complexity index is 966. The first-order valence-corrected chi connectivity index (χ1v) is 14.6. The minimum Gasteiger partial charge on any atom is -0.355 e. The number of rotatable bonds is 9. The summed E-state index contributed by atoms with van der Waals surface area (Å²) in [7, 11) is 0. The molecule has 210 valence electrons. The van der Waals surface area contributed by atoms with Crippen LogP contribution < -0.4 is 5.32 Å². The van der Waals surface area contributed by atoms with E-state index in [-0.39, 0.29) is 34.9 Å². The molecule has 1 aromatic rings. The Labute approximate surface area is 228 Å². The van der Waals surface area contributed by atoms with Gasteiger partial charge in [-0.25, -0.2) is 4.79 Å². The summed E-state index contributed by atoms with van der Waals surface area (Å²) in [6.45, 7) is 13.0. The van der Waals surface area contributed by atoms with Crippen LogP contribution in [0.2, 0.25) is 0 Å². The summed E-state index contributed by atoms with van der Waals surface area (Å²) < 4.78 is 11.2. The molecule has 4 fully saturated rings. The zero-order chi connectivity index (χ0) is 26.9. The predicted molar refractivity (Wildman–Crippen MR) is 146 cm³/mol. The van der Waals surface area contributed by atoms with Crippen molar-refractivity contribution in [3.8, 4) is 0 Å². The van der Waals surface area contributed by atoms with Gasteiger partial charge >= 0.3 is 6.03 Å². The summed E-state index contributed by atoms with van der Waals surface area (Å²) in [6, 6.07) is 11.5. The highest BCUT2D eigenvalue weighted by Gasteiger charge is 2.57. The van der Waals surface area contributed by atoms with Crippen LogP contribution in [-0.4, -0.2) is 90.4 Å². The van der Waals surface area contributed by atoms with Crippen LogP contribution in [0.25, 0.3) is 0 Å². The van der Waals surface area contributed by atoms with E-state index in [4.69, 9.17) is 9.47 Å². The number of urea groups is 1. The van der Waals surface area contributed by atoms with Gasteiger partial charge in [0, 0.05) is 49.6 Å². The standard InChI is InChI=1S/C30H46N4O4/c1-5-34-28(36)32(17-29(4)19-37-21-38-20-29)18-30(34)15-24-11-12-25(16-30)33(24)14-13-26(31-27(35)22(2)3)23-9-7-6-8-10-23/h6-10,22,24-26H,5,11-21H2,1-4H3,(H,31,35)/t24?,25?,26-,30?/m0/s1. The molecule has 1 spiro atoms. The number of fused-ring (bicyclic) bond motifs is 2. The molecule has 2 bridgehead atoms. The van der Waals surface area contributed by atoms with Crippen molar-refractivity contribution in [2.24, 2.45) is 11.3 Å². The molecule has 1 N–H and O–H groups in total. The van der Waals surface area contributed by atoms with Gasteiger partial charge in [-0.15, -0.1) is 0 Å². The lowest BCUT2D eigenvalue weighted by molar-refractivity contribution is -0.162. The smallest absolute Gasteiger partial charge is 0.320 e. The Kier molecular flexibility index (Phi) is 8.04. The number of benzene rings is 1. The maximum absolute atomic E-state index is 13.6. The predicted octanol–water partition coefficient (Wildman–Crippen LogP) is 4.02. The van der Waals surface area contributed by atoms with Crippen LogP contribution >= 0.6 is 0 Å². The molecule has 8 heteroatoms. The van der Waals surface area contributed by atoms with Crippen LogP contribution in [-0.2, 0) is 14.3 Å². The van der Waals surface area contributed by atoms with Crippen LogP contribution in [0.5, 0.6) is 0 Å². The summed E-state index contributed by atoms with van der Waals surface area (Å²) in [4.78, 5) is 33.1. The number of nitrogens with zero attached hydrogens (tertiary/aromatic N) is 3. The van der Waals surface area contributed by atoms with E-state index >= 15 is 0 Å². The number of nitrogens with one attached hydrogen (secondary N) is 1. The summed E-state index contributed by atoms with van der Waals surface area (Å²) in [6.07, 6.45) is 5.32. The van der Waals surface area contributed by atoms with E-state index in [1.807, 2.05) is 32.0 Å². The summed E-state index contributed by atoms with van der Waals surface area (Å²) >= 11 is 0. The highest BCUT2D eigenvalue weighted by atomic mass is 16.7. The largest absolute Gasteiger partial charge is 0.355 e. The molecular formula is C30H46N4O4. The molecular weight excluding hydrogens is 480 g/mol. The summed E-state index contributed by atoms with van der Waals surface area (Å²) in [5.41, 5.74) is 0.914. The molecule has 4 heterocycles. The fourth-order valence-electron chi connectivity index (χ4n) is 7.46. The molecule has 0 aromatic heterocycles. The number of amides is 3. The minimum atomic E-state index is -0.161. The van der Waals surface area contributed by atoms with Crippen molar-refractivity contribution in [2.75, 3.05) is 46.2 Å². The molecule has 8 nitrogen and oxygen atoms in total. The summed E-state index contributed by atoms with van der Waals surface area (Å²) in [5, 5.41) is 3.30. The maximum atomic E-state index is 13.6. The number of carbonyl (C=O) groups is 2. The zero-order valence-electron chi connectivity index (χ0n) is 23.7. The molecule has 4 aliphatic heterocycles. The van der Waals surface area contributed by atoms with Crippen molar-refractivity contribution in [3.05, 3.63) is 35.9 Å². The first kappa shape index (κ1) is 27.4. The van der Waals surface area contributed by atoms with Crippen molar-refractivity contribution in [3.63, 3.8) is 0 Å². The highest BCUT2D eigenvalue weighted by Crippen LogP contribution is 2.47. The molecule has 3 amide bonds. The molecule has 0 saturated carbocycles. The second-order valence-electron chi connectivity index (χ2n) is 12.7. The van der Waals surface area contributed by atoms with E-state index < -0.39 is 0 Å². The minimum absolute atomic E-state index is 0.0118. The van der Waals surface area contributed by atoms with E-state index in [0.29, 0.717) is 38.6 Å². The van der Waals surface area contributed by atoms with Gasteiger partial charge in [0.1, 0.15) is 6.79 Å². The maximum Gasteiger partial charge on any atom is 0.320 e. The second-order valence-corrected chi connectivity index (χ2v) is 12.7. The number of hydrogen-bond donors (Lipinski definition) is 1. The van der Waals surface area contributed by atoms with E-state index in [2.05, 4.69) is 46.0 Å². The van der Waals surface area contributed by atoms with Gasteiger partial charge in [0.15, 0.2) is 0 Å². The van der Waals surface area contributed by atoms with Gasteiger partial charge in [-0.3, -0.25) is 9.69 Å². The van der Waals surface area contributed by atoms with E-state index in [1.165, 1.54) is 18.4 Å². The lowest BCUT2D eigenvalue weighted by Gasteiger charge is -2.48. The number of likely N-dealkylation sites (N-methyl/N-ethyl adjacent to an activating group) is 1. The molecule has 4 aliphatic rings. The van der Waals surface area contributed by atoms with E-state index in [9.17, 15) is 9.59 Å². The average Bonchev–Trinajstić information content (AvgIpc) is 3.29. The lowest BCUT2D eigenvalue weighted by atomic mass is 9.81. The van der Waals surface area contributed by atoms with Gasteiger partial charge in [0.2, 0.25) is 5.91 Å². The molecule has 5 rings (SSSR count). The van der Waals surface area contributed by atoms with Crippen LogP contribution in [0.15, 0.2) is 30.3 Å². The normalized spacial score (nSPS) is 29.9. The van der Waals surface area contributed by atoms with Gasteiger partial charge < -0.3 is 24.6 Å². The number of ether oxygens (including phenoxy) is 2. The SMILES string of the molecule is CCN1C(=O)N(CC2(C)COCOC2)CC12CC1CCC(C2)N1CC[C@H](NC(=O)C(C)C)c1ccccc1. The third kappa shape index (κ3) is 5.45. The topological polar surface area (TPSA) is 74.4 Å². The van der Waals surface area contributed by atoms with E-state index in [1.54, 1.807) is 0 Å². The first-order valence-electron chi connectivity index (χ1n) is 14.6. The van der Waals surface area contributed by atoms with Crippen LogP contribution in [0.1, 0.15) is 71.4 Å². The van der Waals surface area contributed by atoms with Crippen molar-refractivity contribution >= 4 is 11.9 Å². The van der Waals surface area contributed by atoms with Crippen molar-refractivity contribution in [1.82, 2.24) is 20.0 Å². The highest BCUT2D eigenvalue weighted by molar-refractivity contribution is 5.79. The Morgan fingerprint density at radius 1 is 1.11 bits per heavy atom. The van der Waals surface area contributed by atoms with Crippen LogP contribution in [0.3, 0.4) is 0 Å². The monoisotopic (exact) mass is 526 g/mol. The Hall–Kier alpha value is -2.16. The Balaban J connectivity index is 1.26. The van der Waals surface area contributed by atoms with Crippen LogP contribution in [0.4, 0.5) is 4.79 Å². The van der Waals surface area contributed by atoms with Gasteiger partial charge in [-0.2, -0.15) is 0 Å². The van der Waals surface area contributed by atoms with Crippen molar-refractivity contribution in [1.29, 1.82) is 0 Å². The molecule has 2 unspecified atom stereocenters. The Morgan fingerprint density at radius 3 is 2.37 bits per heavy atom. The van der Waals surface area contributed by atoms with Gasteiger partial charge in [-0.1, -0.05) is 51.1 Å². The fraction of sp³-hybridized carbons (Fsp3) is 0.733. The van der Waals surface area contributed by atoms with Crippen molar-refractivity contribution in [2.45, 2.75) is 83.5 Å². The lowest BCUT2D eigenvalue weighted by Crippen LogP contribution is -2.58. The molecule has 0 radical (unpaired) electrons. The van der Waals surface area contributed by atoms with Gasteiger partial charge in [-0.05, 0) is 44.6 Å². The third-order valence-electron chi connectivity index (χ3n) is 9.24. The second kappa shape index (κ2) is 11.1. The average molecular weight is 527 g/mol. The fourth-order valence-corrected chi connectivity index (χ4v) is 7.46. The third-order valence-corrected chi connectivity index (χ3v) is 9.24. The number of piperidine rings is 1.